The zero-order chi connectivity index (χ0) is 7.14. The summed E-state index contributed by atoms with van der Waals surface area (Å²) in [5.41, 5.74) is 1.25. The topological polar surface area (TPSA) is 17.8 Å². The maximum absolute atomic E-state index is 4.25. The summed E-state index contributed by atoms with van der Waals surface area (Å²) in [7, 11) is 0. The molecule has 10 heavy (non-hydrogen) atoms. The largest absolute Gasteiger partial charge is 0.266 e. The summed E-state index contributed by atoms with van der Waals surface area (Å²) in [6.07, 6.45) is 4.47. The molecule has 0 N–H and O–H groups in total. The van der Waals surface area contributed by atoms with Gasteiger partial charge in [0.25, 0.3) is 0 Å². The van der Waals surface area contributed by atoms with Gasteiger partial charge in [0.1, 0.15) is 0 Å². The predicted molar refractivity (Wildman–Crippen MR) is 42.9 cm³/mol. The monoisotopic (exact) mass is 200 g/mol. The Hall–Kier alpha value is -0.310. The second kappa shape index (κ2) is 2.09. The molecule has 0 bridgehead atoms. The molecule has 0 radical (unpaired) electrons. The van der Waals surface area contributed by atoms with Gasteiger partial charge < -0.3 is 0 Å². The molecule has 2 rings (SSSR count). The zero-order valence-corrected chi connectivity index (χ0v) is 7.43. The summed E-state index contributed by atoms with van der Waals surface area (Å²) in [5.74, 6) is 0. The third kappa shape index (κ3) is 0.888. The van der Waals surface area contributed by atoms with E-state index < -0.39 is 0 Å². The fourth-order valence-corrected chi connectivity index (χ4v) is 1.36. The van der Waals surface area contributed by atoms with Gasteiger partial charge in [-0.25, -0.2) is 0 Å². The summed E-state index contributed by atoms with van der Waals surface area (Å²) in [5, 5.41) is 4.25. The summed E-state index contributed by atoms with van der Waals surface area (Å²) < 4.78 is 3.23. The van der Waals surface area contributed by atoms with Crippen molar-refractivity contribution in [3.63, 3.8) is 0 Å². The van der Waals surface area contributed by atoms with E-state index in [-0.39, 0.29) is 0 Å². The van der Waals surface area contributed by atoms with Gasteiger partial charge in [-0.05, 0) is 35.7 Å². The molecular formula is C7H9BrN2. The van der Waals surface area contributed by atoms with Crippen LogP contribution in [0, 0.1) is 6.92 Å². The van der Waals surface area contributed by atoms with Crippen LogP contribution >= 0.6 is 15.9 Å². The van der Waals surface area contributed by atoms with Crippen LogP contribution in [-0.4, -0.2) is 9.78 Å². The molecule has 0 aromatic carbocycles. The fourth-order valence-electron chi connectivity index (χ4n) is 1.09. The molecule has 1 aromatic rings. The highest BCUT2D eigenvalue weighted by Gasteiger charge is 2.25. The Balaban J connectivity index is 2.40. The molecule has 1 heterocycles. The first-order valence-electron chi connectivity index (χ1n) is 3.48. The molecule has 1 aromatic heterocycles. The van der Waals surface area contributed by atoms with Crippen LogP contribution in [0.3, 0.4) is 0 Å². The summed E-state index contributed by atoms with van der Waals surface area (Å²) in [6.45, 7) is 2.09. The van der Waals surface area contributed by atoms with Crippen molar-refractivity contribution >= 4 is 15.9 Å². The van der Waals surface area contributed by atoms with E-state index in [1.807, 2.05) is 6.20 Å². The second-order valence-electron chi connectivity index (χ2n) is 2.75. The first-order chi connectivity index (χ1) is 4.79. The molecule has 0 aliphatic heterocycles. The lowest BCUT2D eigenvalue weighted by atomic mass is 10.5. The molecule has 0 saturated heterocycles. The van der Waals surface area contributed by atoms with Gasteiger partial charge in [-0.2, -0.15) is 5.10 Å². The van der Waals surface area contributed by atoms with Gasteiger partial charge in [0, 0.05) is 5.69 Å². The molecule has 0 atom stereocenters. The highest BCUT2D eigenvalue weighted by Crippen LogP contribution is 2.36. The van der Waals surface area contributed by atoms with E-state index in [1.54, 1.807) is 0 Å². The van der Waals surface area contributed by atoms with Crippen molar-refractivity contribution in [2.75, 3.05) is 0 Å². The average molecular weight is 201 g/mol. The maximum Gasteiger partial charge on any atom is 0.0635 e. The minimum absolute atomic E-state index is 0.700. The van der Waals surface area contributed by atoms with E-state index in [0.717, 1.165) is 4.47 Å². The van der Waals surface area contributed by atoms with Gasteiger partial charge in [0.2, 0.25) is 0 Å². The smallest absolute Gasteiger partial charge is 0.0635 e. The Labute approximate surface area is 68.4 Å². The van der Waals surface area contributed by atoms with E-state index in [0.29, 0.717) is 6.04 Å². The van der Waals surface area contributed by atoms with Crippen LogP contribution in [-0.2, 0) is 0 Å². The molecule has 0 spiro atoms. The van der Waals surface area contributed by atoms with E-state index in [4.69, 9.17) is 0 Å². The first kappa shape index (κ1) is 6.40. The molecule has 0 unspecified atom stereocenters. The highest BCUT2D eigenvalue weighted by molar-refractivity contribution is 9.10. The normalized spacial score (nSPS) is 17.8. The Morgan fingerprint density at radius 3 is 2.80 bits per heavy atom. The van der Waals surface area contributed by atoms with Crippen LogP contribution in [0.15, 0.2) is 10.7 Å². The van der Waals surface area contributed by atoms with Crippen LogP contribution in [0.25, 0.3) is 0 Å². The molecule has 2 nitrogen and oxygen atoms in total. The van der Waals surface area contributed by atoms with Crippen molar-refractivity contribution in [2.24, 2.45) is 0 Å². The van der Waals surface area contributed by atoms with Crippen molar-refractivity contribution in [2.45, 2.75) is 25.8 Å². The van der Waals surface area contributed by atoms with Gasteiger partial charge >= 0.3 is 0 Å². The number of halogens is 1. The fraction of sp³-hybridized carbons (Fsp3) is 0.571. The van der Waals surface area contributed by atoms with Crippen molar-refractivity contribution in [1.82, 2.24) is 9.78 Å². The Morgan fingerprint density at radius 2 is 2.40 bits per heavy atom. The van der Waals surface area contributed by atoms with Gasteiger partial charge in [0.05, 0.1) is 16.7 Å². The minimum atomic E-state index is 0.700. The Bertz CT molecular complexity index is 250. The summed E-state index contributed by atoms with van der Waals surface area (Å²) in [4.78, 5) is 0. The highest BCUT2D eigenvalue weighted by atomic mass is 79.9. The van der Waals surface area contributed by atoms with Crippen LogP contribution in [0.4, 0.5) is 0 Å². The van der Waals surface area contributed by atoms with E-state index >= 15 is 0 Å². The van der Waals surface area contributed by atoms with Crippen LogP contribution in [0.5, 0.6) is 0 Å². The van der Waals surface area contributed by atoms with Crippen molar-refractivity contribution < 1.29 is 0 Å². The third-order valence-corrected chi connectivity index (χ3v) is 2.66. The molecule has 3 heteroatoms. The first-order valence-corrected chi connectivity index (χ1v) is 4.28. The van der Waals surface area contributed by atoms with E-state index in [9.17, 15) is 0 Å². The summed E-state index contributed by atoms with van der Waals surface area (Å²) >= 11 is 3.43. The number of nitrogens with zero attached hydrogens (tertiary/aromatic N) is 2. The quantitative estimate of drug-likeness (QED) is 0.681. The van der Waals surface area contributed by atoms with Crippen molar-refractivity contribution in [1.29, 1.82) is 0 Å². The van der Waals surface area contributed by atoms with Gasteiger partial charge in [0.15, 0.2) is 0 Å². The number of aromatic nitrogens is 2. The minimum Gasteiger partial charge on any atom is -0.266 e. The number of rotatable bonds is 1. The molecule has 1 fully saturated rings. The van der Waals surface area contributed by atoms with Crippen LogP contribution in [0.1, 0.15) is 24.6 Å². The SMILES string of the molecule is Cc1c(Br)cnn1C1CC1. The molecule has 54 valence electrons. The Kier molecular flexibility index (Phi) is 1.34. The maximum atomic E-state index is 4.25. The zero-order valence-electron chi connectivity index (χ0n) is 5.84. The lowest BCUT2D eigenvalue weighted by molar-refractivity contribution is 0.622. The predicted octanol–water partition coefficient (Wildman–Crippen LogP) is 2.29. The van der Waals surface area contributed by atoms with Crippen molar-refractivity contribution in [3.05, 3.63) is 16.4 Å². The lowest BCUT2D eigenvalue weighted by Gasteiger charge is -1.98. The van der Waals surface area contributed by atoms with Crippen LogP contribution in [0.2, 0.25) is 0 Å². The molecule has 1 saturated carbocycles. The molecular weight excluding hydrogens is 192 g/mol. The molecule has 1 aliphatic rings. The standard InChI is InChI=1S/C7H9BrN2/c1-5-7(8)4-9-10(5)6-2-3-6/h4,6H,2-3H2,1H3. The molecule has 1 aliphatic carbocycles. The summed E-state index contributed by atoms with van der Waals surface area (Å²) in [6, 6.07) is 0.700. The van der Waals surface area contributed by atoms with Gasteiger partial charge in [-0.3, -0.25) is 4.68 Å². The number of hydrogen-bond acceptors (Lipinski definition) is 1. The van der Waals surface area contributed by atoms with Gasteiger partial charge in [-0.15, -0.1) is 0 Å². The Morgan fingerprint density at radius 1 is 1.70 bits per heavy atom. The van der Waals surface area contributed by atoms with Gasteiger partial charge in [-0.1, -0.05) is 0 Å². The van der Waals surface area contributed by atoms with E-state index in [1.165, 1.54) is 18.5 Å². The lowest BCUT2D eigenvalue weighted by Crippen LogP contribution is -1.97. The second-order valence-corrected chi connectivity index (χ2v) is 3.61. The average Bonchev–Trinajstić information content (AvgIpc) is 2.67. The van der Waals surface area contributed by atoms with Crippen LogP contribution < -0.4 is 0 Å². The van der Waals surface area contributed by atoms with E-state index in [2.05, 4.69) is 32.6 Å². The van der Waals surface area contributed by atoms with Crippen molar-refractivity contribution in [3.8, 4) is 0 Å². The number of hydrogen-bond donors (Lipinski definition) is 0. The third-order valence-electron chi connectivity index (χ3n) is 1.88. The molecule has 0 amide bonds.